The molecule has 2 aromatic rings. The van der Waals surface area contributed by atoms with Crippen LogP contribution in [0, 0.1) is 17.0 Å². The first-order valence-corrected chi connectivity index (χ1v) is 7.25. The van der Waals surface area contributed by atoms with Gasteiger partial charge in [-0.1, -0.05) is 54.1 Å². The monoisotopic (exact) mass is 327 g/mol. The van der Waals surface area contributed by atoms with E-state index in [2.05, 4.69) is 0 Å². The molecule has 116 valence electrons. The largest absolute Gasteiger partial charge is 0.289 e. The predicted octanol–water partition coefficient (Wildman–Crippen LogP) is 4.92. The summed E-state index contributed by atoms with van der Waals surface area (Å²) in [4.78, 5) is 22.5. The summed E-state index contributed by atoms with van der Waals surface area (Å²) in [5.74, 6) is -0.340. The van der Waals surface area contributed by atoms with Gasteiger partial charge >= 0.3 is 0 Å². The van der Waals surface area contributed by atoms with Crippen molar-refractivity contribution in [1.82, 2.24) is 0 Å². The van der Waals surface area contributed by atoms with Crippen LogP contribution < -0.4 is 0 Å². The van der Waals surface area contributed by atoms with E-state index >= 15 is 0 Å². The van der Waals surface area contributed by atoms with Crippen LogP contribution in [0.15, 0.2) is 65.7 Å². The van der Waals surface area contributed by atoms with E-state index in [1.54, 1.807) is 25.1 Å². The zero-order valence-corrected chi connectivity index (χ0v) is 13.2. The maximum Gasteiger partial charge on any atom is 0.273 e. The van der Waals surface area contributed by atoms with E-state index in [-0.39, 0.29) is 17.0 Å². The highest BCUT2D eigenvalue weighted by molar-refractivity contribution is 6.33. The second-order valence-electron chi connectivity index (χ2n) is 4.90. The van der Waals surface area contributed by atoms with Gasteiger partial charge in [0.2, 0.25) is 0 Å². The molecule has 0 aliphatic rings. The summed E-state index contributed by atoms with van der Waals surface area (Å²) in [6.07, 6.45) is 4.50. The van der Waals surface area contributed by atoms with Crippen LogP contribution in [0.5, 0.6) is 0 Å². The van der Waals surface area contributed by atoms with E-state index in [0.717, 1.165) is 5.56 Å². The van der Waals surface area contributed by atoms with Crippen molar-refractivity contribution in [2.24, 2.45) is 0 Å². The molecule has 0 unspecified atom stereocenters. The van der Waals surface area contributed by atoms with Crippen LogP contribution in [-0.2, 0) is 0 Å². The SMILES string of the molecule is Cc1ccc(C(=O)/C=C/C(Cl)=C\c2ccccc2)cc1[N+](=O)[O-]. The Kier molecular flexibility index (Phi) is 5.44. The van der Waals surface area contributed by atoms with Crippen LogP contribution in [0.2, 0.25) is 0 Å². The van der Waals surface area contributed by atoms with Gasteiger partial charge in [-0.05, 0) is 30.7 Å². The molecule has 5 heteroatoms. The number of halogens is 1. The van der Waals surface area contributed by atoms with Crippen molar-refractivity contribution in [1.29, 1.82) is 0 Å². The van der Waals surface area contributed by atoms with Crippen LogP contribution in [0.3, 0.4) is 0 Å². The number of aryl methyl sites for hydroxylation is 1. The molecule has 4 nitrogen and oxygen atoms in total. The zero-order valence-electron chi connectivity index (χ0n) is 12.4. The summed E-state index contributed by atoms with van der Waals surface area (Å²) in [6, 6.07) is 13.8. The summed E-state index contributed by atoms with van der Waals surface area (Å²) in [6.45, 7) is 1.63. The van der Waals surface area contributed by atoms with Crippen molar-refractivity contribution in [3.8, 4) is 0 Å². The first-order chi connectivity index (χ1) is 11.0. The third-order valence-corrected chi connectivity index (χ3v) is 3.42. The van der Waals surface area contributed by atoms with Crippen molar-refractivity contribution >= 4 is 29.1 Å². The average molecular weight is 328 g/mol. The van der Waals surface area contributed by atoms with Crippen LogP contribution in [-0.4, -0.2) is 10.7 Å². The fraction of sp³-hybridized carbons (Fsp3) is 0.0556. The number of ketones is 1. The standard InChI is InChI=1S/C18H14ClNO3/c1-13-7-8-15(12-17(13)20(22)23)18(21)10-9-16(19)11-14-5-3-2-4-6-14/h2-12H,1H3/b10-9+,16-11+. The molecule has 0 spiro atoms. The summed E-state index contributed by atoms with van der Waals surface area (Å²) in [7, 11) is 0. The first kappa shape index (κ1) is 16.6. The summed E-state index contributed by atoms with van der Waals surface area (Å²) < 4.78 is 0. The predicted molar refractivity (Wildman–Crippen MR) is 91.6 cm³/mol. The highest BCUT2D eigenvalue weighted by Gasteiger charge is 2.13. The number of nitro benzene ring substituents is 1. The van der Waals surface area contributed by atoms with Gasteiger partial charge in [0.05, 0.1) is 4.92 Å². The smallest absolute Gasteiger partial charge is 0.273 e. The topological polar surface area (TPSA) is 60.2 Å². The number of rotatable bonds is 5. The van der Waals surface area contributed by atoms with Gasteiger partial charge < -0.3 is 0 Å². The van der Waals surface area contributed by atoms with Crippen molar-refractivity contribution < 1.29 is 9.72 Å². The molecule has 0 radical (unpaired) electrons. The molecular formula is C18H14ClNO3. The molecule has 2 aromatic carbocycles. The quantitative estimate of drug-likeness (QED) is 0.257. The fourth-order valence-electron chi connectivity index (χ4n) is 1.97. The van der Waals surface area contributed by atoms with Crippen LogP contribution in [0.25, 0.3) is 6.08 Å². The summed E-state index contributed by atoms with van der Waals surface area (Å²) >= 11 is 6.07. The summed E-state index contributed by atoms with van der Waals surface area (Å²) in [5, 5.41) is 11.3. The Morgan fingerprint density at radius 1 is 1.13 bits per heavy atom. The van der Waals surface area contributed by atoms with Gasteiger partial charge in [0, 0.05) is 22.2 Å². The van der Waals surface area contributed by atoms with Crippen molar-refractivity contribution in [3.63, 3.8) is 0 Å². The minimum Gasteiger partial charge on any atom is -0.289 e. The molecule has 0 N–H and O–H groups in total. The van der Waals surface area contributed by atoms with Gasteiger partial charge in [0.25, 0.3) is 5.69 Å². The molecular weight excluding hydrogens is 314 g/mol. The molecule has 0 saturated heterocycles. The van der Waals surface area contributed by atoms with Gasteiger partial charge in [-0.2, -0.15) is 0 Å². The molecule has 0 saturated carbocycles. The Labute approximate surface area is 138 Å². The number of hydrogen-bond acceptors (Lipinski definition) is 3. The molecule has 0 bridgehead atoms. The van der Waals surface area contributed by atoms with Gasteiger partial charge in [0.1, 0.15) is 0 Å². The molecule has 23 heavy (non-hydrogen) atoms. The number of benzene rings is 2. The van der Waals surface area contributed by atoms with Crippen molar-refractivity contribution in [2.45, 2.75) is 6.92 Å². The summed E-state index contributed by atoms with van der Waals surface area (Å²) in [5.41, 5.74) is 1.61. The number of nitro groups is 1. The highest BCUT2D eigenvalue weighted by Crippen LogP contribution is 2.20. The average Bonchev–Trinajstić information content (AvgIpc) is 2.53. The first-order valence-electron chi connectivity index (χ1n) is 6.87. The number of hydrogen-bond donors (Lipinski definition) is 0. The lowest BCUT2D eigenvalue weighted by atomic mass is 10.1. The Hall–Kier alpha value is -2.72. The van der Waals surface area contributed by atoms with E-state index in [1.807, 2.05) is 30.3 Å². The third kappa shape index (κ3) is 4.63. The second kappa shape index (κ2) is 7.51. The maximum atomic E-state index is 12.1. The molecule has 0 aromatic heterocycles. The van der Waals surface area contributed by atoms with E-state index in [0.29, 0.717) is 10.6 Å². The lowest BCUT2D eigenvalue weighted by Crippen LogP contribution is -1.98. The van der Waals surface area contributed by atoms with Crippen LogP contribution >= 0.6 is 11.6 Å². The molecule has 0 heterocycles. The number of carbonyl (C=O) groups is 1. The van der Waals surface area contributed by atoms with E-state index in [9.17, 15) is 14.9 Å². The Morgan fingerprint density at radius 3 is 2.48 bits per heavy atom. The van der Waals surface area contributed by atoms with Crippen LogP contribution in [0.1, 0.15) is 21.5 Å². The Bertz CT molecular complexity index is 795. The number of carbonyl (C=O) groups excluding carboxylic acids is 1. The maximum absolute atomic E-state index is 12.1. The zero-order chi connectivity index (χ0) is 16.8. The van der Waals surface area contributed by atoms with Crippen molar-refractivity contribution in [2.75, 3.05) is 0 Å². The highest BCUT2D eigenvalue weighted by atomic mass is 35.5. The van der Waals surface area contributed by atoms with Gasteiger partial charge in [-0.15, -0.1) is 0 Å². The van der Waals surface area contributed by atoms with Gasteiger partial charge in [-0.3, -0.25) is 14.9 Å². The minimum atomic E-state index is -0.502. The molecule has 2 rings (SSSR count). The second-order valence-corrected chi connectivity index (χ2v) is 5.33. The fourth-order valence-corrected chi connectivity index (χ4v) is 2.16. The minimum absolute atomic E-state index is 0.0739. The van der Waals surface area contributed by atoms with E-state index < -0.39 is 4.92 Å². The van der Waals surface area contributed by atoms with Gasteiger partial charge in [0.15, 0.2) is 5.78 Å². The molecule has 0 aliphatic heterocycles. The lowest BCUT2D eigenvalue weighted by molar-refractivity contribution is -0.385. The lowest BCUT2D eigenvalue weighted by Gasteiger charge is -2.00. The molecule has 0 amide bonds. The molecule has 0 fully saturated rings. The van der Waals surface area contributed by atoms with Crippen molar-refractivity contribution in [3.05, 3.63) is 92.5 Å². The third-order valence-electron chi connectivity index (χ3n) is 3.19. The Morgan fingerprint density at radius 2 is 1.83 bits per heavy atom. The van der Waals surface area contributed by atoms with E-state index in [1.165, 1.54) is 18.2 Å². The number of allylic oxidation sites excluding steroid dienone is 3. The molecule has 0 aliphatic carbocycles. The van der Waals surface area contributed by atoms with Gasteiger partial charge in [-0.25, -0.2) is 0 Å². The number of nitrogens with zero attached hydrogens (tertiary/aromatic N) is 1. The Balaban J connectivity index is 2.17. The van der Waals surface area contributed by atoms with Crippen LogP contribution in [0.4, 0.5) is 5.69 Å². The molecule has 0 atom stereocenters. The normalized spacial score (nSPS) is 11.7. The van der Waals surface area contributed by atoms with E-state index in [4.69, 9.17) is 11.6 Å².